The molecule has 0 aliphatic carbocycles. The van der Waals surface area contributed by atoms with Gasteiger partial charge in [-0.3, -0.25) is 14.4 Å². The van der Waals surface area contributed by atoms with Crippen LogP contribution in [0.25, 0.3) is 0 Å². The van der Waals surface area contributed by atoms with E-state index in [9.17, 15) is 27.6 Å². The Balaban J connectivity index is 1.72. The summed E-state index contributed by atoms with van der Waals surface area (Å²) in [6.07, 6.45) is -0.259. The normalized spacial score (nSPS) is 10.2. The van der Waals surface area contributed by atoms with Crippen LogP contribution in [0.1, 0.15) is 5.56 Å². The molecular formula is C19H17F3N2O5. The van der Waals surface area contributed by atoms with Crippen molar-refractivity contribution in [2.24, 2.45) is 0 Å². The SMILES string of the molecule is COc1ccc(CC(=O)OCC(=O)NCC(=O)Nc2ccc(F)c(F)c2)cc1F. The van der Waals surface area contributed by atoms with Gasteiger partial charge >= 0.3 is 5.97 Å². The van der Waals surface area contributed by atoms with E-state index in [4.69, 9.17) is 9.47 Å². The molecule has 0 spiro atoms. The Bertz CT molecular complexity index is 921. The van der Waals surface area contributed by atoms with E-state index in [1.165, 1.54) is 19.2 Å². The fourth-order valence-corrected chi connectivity index (χ4v) is 2.19. The van der Waals surface area contributed by atoms with Gasteiger partial charge in [0.25, 0.3) is 5.91 Å². The summed E-state index contributed by atoms with van der Waals surface area (Å²) in [5.74, 6) is -5.00. The van der Waals surface area contributed by atoms with E-state index in [2.05, 4.69) is 10.6 Å². The van der Waals surface area contributed by atoms with Crippen molar-refractivity contribution in [3.05, 3.63) is 59.4 Å². The van der Waals surface area contributed by atoms with Crippen molar-refractivity contribution in [1.82, 2.24) is 5.32 Å². The number of hydrogen-bond donors (Lipinski definition) is 2. The van der Waals surface area contributed by atoms with Crippen LogP contribution in [0.3, 0.4) is 0 Å². The molecule has 2 aromatic carbocycles. The molecule has 0 aliphatic heterocycles. The molecule has 7 nitrogen and oxygen atoms in total. The Labute approximate surface area is 163 Å². The number of anilines is 1. The van der Waals surface area contributed by atoms with E-state index in [0.717, 1.165) is 24.3 Å². The lowest BCUT2D eigenvalue weighted by Gasteiger charge is -2.08. The second kappa shape index (κ2) is 10.1. The summed E-state index contributed by atoms with van der Waals surface area (Å²) in [7, 11) is 1.31. The Kier molecular flexibility index (Phi) is 7.58. The molecule has 154 valence electrons. The molecule has 0 saturated carbocycles. The van der Waals surface area contributed by atoms with E-state index in [0.29, 0.717) is 5.56 Å². The zero-order chi connectivity index (χ0) is 21.4. The lowest BCUT2D eigenvalue weighted by Crippen LogP contribution is -2.35. The van der Waals surface area contributed by atoms with E-state index in [1.807, 2.05) is 0 Å². The monoisotopic (exact) mass is 410 g/mol. The van der Waals surface area contributed by atoms with Gasteiger partial charge in [-0.15, -0.1) is 0 Å². The standard InChI is InChI=1S/C19H17F3N2O5/c1-28-16-5-2-11(6-15(16)22)7-19(27)29-10-18(26)23-9-17(25)24-12-3-4-13(20)14(21)8-12/h2-6,8H,7,9-10H2,1H3,(H,23,26)(H,24,25). The first-order valence-electron chi connectivity index (χ1n) is 8.28. The molecule has 0 saturated heterocycles. The highest BCUT2D eigenvalue weighted by atomic mass is 19.2. The molecule has 2 amide bonds. The topological polar surface area (TPSA) is 93.7 Å². The van der Waals surface area contributed by atoms with Crippen LogP contribution in [0, 0.1) is 17.5 Å². The van der Waals surface area contributed by atoms with Gasteiger partial charge in [-0.1, -0.05) is 6.07 Å². The highest BCUT2D eigenvalue weighted by molar-refractivity contribution is 5.94. The quantitative estimate of drug-likeness (QED) is 0.649. The fraction of sp³-hybridized carbons (Fsp3) is 0.211. The average Bonchev–Trinajstić information content (AvgIpc) is 2.68. The number of methoxy groups -OCH3 is 1. The second-order valence-corrected chi connectivity index (χ2v) is 5.76. The molecule has 0 atom stereocenters. The number of carbonyl (C=O) groups is 3. The van der Waals surface area contributed by atoms with E-state index < -0.39 is 48.4 Å². The highest BCUT2D eigenvalue weighted by Crippen LogP contribution is 2.18. The van der Waals surface area contributed by atoms with Crippen molar-refractivity contribution in [3.8, 4) is 5.75 Å². The average molecular weight is 410 g/mol. The van der Waals surface area contributed by atoms with Crippen LogP contribution in [-0.2, 0) is 25.5 Å². The number of amides is 2. The first-order chi connectivity index (χ1) is 13.8. The van der Waals surface area contributed by atoms with Crippen LogP contribution in [0.4, 0.5) is 18.9 Å². The molecular weight excluding hydrogens is 393 g/mol. The van der Waals surface area contributed by atoms with E-state index in [1.54, 1.807) is 0 Å². The summed E-state index contributed by atoms with van der Waals surface area (Å²) in [5, 5.41) is 4.46. The summed E-state index contributed by atoms with van der Waals surface area (Å²) in [5.41, 5.74) is 0.348. The first-order valence-corrected chi connectivity index (χ1v) is 8.28. The number of halogens is 3. The van der Waals surface area contributed by atoms with Crippen molar-refractivity contribution in [3.63, 3.8) is 0 Å². The second-order valence-electron chi connectivity index (χ2n) is 5.76. The third kappa shape index (κ3) is 6.83. The van der Waals surface area contributed by atoms with Crippen LogP contribution in [0.2, 0.25) is 0 Å². The molecule has 0 aliphatic rings. The van der Waals surface area contributed by atoms with Gasteiger partial charge in [-0.25, -0.2) is 13.2 Å². The maximum absolute atomic E-state index is 13.6. The number of carbonyl (C=O) groups excluding carboxylic acids is 3. The summed E-state index contributed by atoms with van der Waals surface area (Å²) < 4.78 is 49.0. The first kappa shape index (κ1) is 21.7. The minimum atomic E-state index is -1.13. The van der Waals surface area contributed by atoms with Crippen molar-refractivity contribution < 1.29 is 37.0 Å². The predicted molar refractivity (Wildman–Crippen MR) is 95.6 cm³/mol. The summed E-state index contributed by atoms with van der Waals surface area (Å²) in [6, 6.07) is 6.74. The summed E-state index contributed by atoms with van der Waals surface area (Å²) in [6.45, 7) is -1.12. The third-order valence-corrected chi connectivity index (χ3v) is 3.58. The van der Waals surface area contributed by atoms with Gasteiger partial charge in [0.2, 0.25) is 5.91 Å². The van der Waals surface area contributed by atoms with Crippen molar-refractivity contribution in [1.29, 1.82) is 0 Å². The number of ether oxygens (including phenoxy) is 2. The van der Waals surface area contributed by atoms with Crippen LogP contribution in [0.5, 0.6) is 5.75 Å². The maximum Gasteiger partial charge on any atom is 0.310 e. The largest absolute Gasteiger partial charge is 0.494 e. The summed E-state index contributed by atoms with van der Waals surface area (Å²) in [4.78, 5) is 35.0. The predicted octanol–water partition coefficient (Wildman–Crippen LogP) is 1.95. The van der Waals surface area contributed by atoms with Crippen molar-refractivity contribution >= 4 is 23.5 Å². The smallest absolute Gasteiger partial charge is 0.310 e. The van der Waals surface area contributed by atoms with Gasteiger partial charge in [-0.2, -0.15) is 0 Å². The number of benzene rings is 2. The van der Waals surface area contributed by atoms with E-state index in [-0.39, 0.29) is 17.9 Å². The fourth-order valence-electron chi connectivity index (χ4n) is 2.19. The minimum Gasteiger partial charge on any atom is -0.494 e. The lowest BCUT2D eigenvalue weighted by molar-refractivity contribution is -0.147. The molecule has 10 heteroatoms. The molecule has 29 heavy (non-hydrogen) atoms. The molecule has 2 aromatic rings. The van der Waals surface area contributed by atoms with Crippen LogP contribution in [-0.4, -0.2) is 38.0 Å². The van der Waals surface area contributed by atoms with Crippen LogP contribution >= 0.6 is 0 Å². The van der Waals surface area contributed by atoms with Crippen LogP contribution < -0.4 is 15.4 Å². The Morgan fingerprint density at radius 2 is 1.69 bits per heavy atom. The molecule has 0 unspecified atom stereocenters. The maximum atomic E-state index is 13.6. The number of nitrogens with one attached hydrogen (secondary N) is 2. The zero-order valence-corrected chi connectivity index (χ0v) is 15.3. The van der Waals surface area contributed by atoms with Crippen LogP contribution in [0.15, 0.2) is 36.4 Å². The summed E-state index contributed by atoms with van der Waals surface area (Å²) >= 11 is 0. The molecule has 0 aromatic heterocycles. The third-order valence-electron chi connectivity index (χ3n) is 3.58. The molecule has 2 rings (SSSR count). The van der Waals surface area contributed by atoms with Gasteiger partial charge in [0.1, 0.15) is 0 Å². The number of hydrogen-bond acceptors (Lipinski definition) is 5. The van der Waals surface area contributed by atoms with Gasteiger partial charge in [0, 0.05) is 11.8 Å². The molecule has 0 fully saturated rings. The molecule has 2 N–H and O–H groups in total. The van der Waals surface area contributed by atoms with Gasteiger partial charge in [-0.05, 0) is 29.8 Å². The molecule has 0 radical (unpaired) electrons. The van der Waals surface area contributed by atoms with Gasteiger partial charge in [0.05, 0.1) is 20.1 Å². The van der Waals surface area contributed by atoms with Crippen molar-refractivity contribution in [2.45, 2.75) is 6.42 Å². The Morgan fingerprint density at radius 3 is 2.34 bits per heavy atom. The van der Waals surface area contributed by atoms with E-state index >= 15 is 0 Å². The Hall–Kier alpha value is -3.56. The Morgan fingerprint density at radius 1 is 0.931 bits per heavy atom. The number of rotatable bonds is 8. The minimum absolute atomic E-state index is 0.0151. The van der Waals surface area contributed by atoms with Gasteiger partial charge < -0.3 is 20.1 Å². The molecule has 0 bridgehead atoms. The zero-order valence-electron chi connectivity index (χ0n) is 15.3. The highest BCUT2D eigenvalue weighted by Gasteiger charge is 2.12. The number of esters is 1. The lowest BCUT2D eigenvalue weighted by atomic mass is 10.1. The molecule has 0 heterocycles. The van der Waals surface area contributed by atoms with Crippen molar-refractivity contribution in [2.75, 3.05) is 25.6 Å². The van der Waals surface area contributed by atoms with Gasteiger partial charge in [0.15, 0.2) is 29.8 Å².